The van der Waals surface area contributed by atoms with Crippen LogP contribution < -0.4 is 5.32 Å². The summed E-state index contributed by atoms with van der Waals surface area (Å²) in [5.74, 6) is 1.06. The van der Waals surface area contributed by atoms with Gasteiger partial charge in [-0.25, -0.2) is 4.79 Å². The molecular formula is C13H19NO3. The third-order valence-corrected chi connectivity index (χ3v) is 3.46. The van der Waals surface area contributed by atoms with E-state index in [9.17, 15) is 4.79 Å². The highest BCUT2D eigenvalue weighted by molar-refractivity contribution is 5.88. The SMILES string of the molecule is Cc1oc(CNC2CCC(C)C2)cc1C(=O)O. The minimum Gasteiger partial charge on any atom is -0.478 e. The van der Waals surface area contributed by atoms with E-state index in [4.69, 9.17) is 9.52 Å². The molecule has 2 N–H and O–H groups in total. The first-order chi connectivity index (χ1) is 8.06. The van der Waals surface area contributed by atoms with E-state index in [2.05, 4.69) is 12.2 Å². The Morgan fingerprint density at radius 2 is 2.35 bits per heavy atom. The van der Waals surface area contributed by atoms with Crippen molar-refractivity contribution in [1.29, 1.82) is 0 Å². The van der Waals surface area contributed by atoms with Gasteiger partial charge in [-0.3, -0.25) is 0 Å². The maximum atomic E-state index is 10.9. The number of carboxylic acids is 1. The van der Waals surface area contributed by atoms with Crippen molar-refractivity contribution < 1.29 is 14.3 Å². The Hall–Kier alpha value is -1.29. The molecule has 0 aromatic carbocycles. The minimum absolute atomic E-state index is 0.265. The highest BCUT2D eigenvalue weighted by atomic mass is 16.4. The van der Waals surface area contributed by atoms with E-state index in [0.717, 1.165) is 5.92 Å². The van der Waals surface area contributed by atoms with Gasteiger partial charge in [-0.1, -0.05) is 6.92 Å². The van der Waals surface area contributed by atoms with Crippen LogP contribution in [0.1, 0.15) is 48.1 Å². The predicted octanol–water partition coefficient (Wildman–Crippen LogP) is 2.56. The van der Waals surface area contributed by atoms with Crippen molar-refractivity contribution in [3.63, 3.8) is 0 Å². The summed E-state index contributed by atoms with van der Waals surface area (Å²) in [5.41, 5.74) is 0.265. The average Bonchev–Trinajstić information content (AvgIpc) is 2.82. The molecule has 1 heterocycles. The lowest BCUT2D eigenvalue weighted by molar-refractivity contribution is 0.0695. The average molecular weight is 237 g/mol. The summed E-state index contributed by atoms with van der Waals surface area (Å²) >= 11 is 0. The van der Waals surface area contributed by atoms with Crippen molar-refractivity contribution in [3.05, 3.63) is 23.2 Å². The van der Waals surface area contributed by atoms with Crippen LogP contribution in [0.2, 0.25) is 0 Å². The van der Waals surface area contributed by atoms with Gasteiger partial charge in [0.15, 0.2) is 0 Å². The van der Waals surface area contributed by atoms with Gasteiger partial charge < -0.3 is 14.8 Å². The molecule has 2 atom stereocenters. The van der Waals surface area contributed by atoms with E-state index < -0.39 is 5.97 Å². The van der Waals surface area contributed by atoms with Crippen LogP contribution >= 0.6 is 0 Å². The Morgan fingerprint density at radius 3 is 2.88 bits per heavy atom. The van der Waals surface area contributed by atoms with E-state index >= 15 is 0 Å². The Balaban J connectivity index is 1.91. The van der Waals surface area contributed by atoms with Crippen molar-refractivity contribution in [2.24, 2.45) is 5.92 Å². The fraction of sp³-hybridized carbons (Fsp3) is 0.615. The molecule has 1 saturated carbocycles. The molecule has 1 aliphatic rings. The molecule has 0 radical (unpaired) electrons. The van der Waals surface area contributed by atoms with Gasteiger partial charge in [0.25, 0.3) is 0 Å². The van der Waals surface area contributed by atoms with Crippen LogP contribution in [-0.4, -0.2) is 17.1 Å². The van der Waals surface area contributed by atoms with Crippen molar-refractivity contribution in [2.45, 2.75) is 45.7 Å². The van der Waals surface area contributed by atoms with Crippen LogP contribution in [-0.2, 0) is 6.54 Å². The molecule has 0 spiro atoms. The number of carboxylic acid groups (broad SMARTS) is 1. The molecule has 1 aliphatic carbocycles. The first kappa shape index (κ1) is 12.2. The van der Waals surface area contributed by atoms with Crippen molar-refractivity contribution in [2.75, 3.05) is 0 Å². The first-order valence-corrected chi connectivity index (χ1v) is 6.12. The van der Waals surface area contributed by atoms with Crippen LogP contribution in [0.15, 0.2) is 10.5 Å². The van der Waals surface area contributed by atoms with Gasteiger partial charge in [-0.2, -0.15) is 0 Å². The van der Waals surface area contributed by atoms with Crippen LogP contribution in [0.3, 0.4) is 0 Å². The van der Waals surface area contributed by atoms with Crippen molar-refractivity contribution >= 4 is 5.97 Å². The molecule has 2 rings (SSSR count). The van der Waals surface area contributed by atoms with Crippen LogP contribution in [0.25, 0.3) is 0 Å². The largest absolute Gasteiger partial charge is 0.478 e. The molecule has 1 fully saturated rings. The summed E-state index contributed by atoms with van der Waals surface area (Å²) in [5, 5.41) is 12.3. The topological polar surface area (TPSA) is 62.5 Å². The standard InChI is InChI=1S/C13H19NO3/c1-8-3-4-10(5-8)14-7-11-6-12(13(15)16)9(2)17-11/h6,8,10,14H,3-5,7H2,1-2H3,(H,15,16). The lowest BCUT2D eigenvalue weighted by atomic mass is 10.1. The Labute approximate surface area is 101 Å². The second-order valence-corrected chi connectivity index (χ2v) is 4.98. The van der Waals surface area contributed by atoms with Crippen LogP contribution in [0.5, 0.6) is 0 Å². The summed E-state index contributed by atoms with van der Waals surface area (Å²) in [7, 11) is 0. The van der Waals surface area contributed by atoms with Gasteiger partial charge in [0.1, 0.15) is 17.1 Å². The zero-order valence-corrected chi connectivity index (χ0v) is 10.3. The third-order valence-electron chi connectivity index (χ3n) is 3.46. The fourth-order valence-electron chi connectivity index (χ4n) is 2.48. The van der Waals surface area contributed by atoms with Gasteiger partial charge >= 0.3 is 5.97 Å². The molecule has 1 aromatic heterocycles. The predicted molar refractivity (Wildman–Crippen MR) is 64.0 cm³/mol. The summed E-state index contributed by atoms with van der Waals surface area (Å²) in [6.45, 7) is 4.57. The second-order valence-electron chi connectivity index (χ2n) is 4.98. The molecule has 0 bridgehead atoms. The van der Waals surface area contributed by atoms with Crippen LogP contribution in [0.4, 0.5) is 0 Å². The second kappa shape index (κ2) is 4.92. The number of aryl methyl sites for hydroxylation is 1. The van der Waals surface area contributed by atoms with E-state index in [1.807, 2.05) is 0 Å². The van der Waals surface area contributed by atoms with Gasteiger partial charge in [0, 0.05) is 6.04 Å². The molecule has 17 heavy (non-hydrogen) atoms. The normalized spacial score (nSPS) is 24.1. The number of nitrogens with one attached hydrogen (secondary N) is 1. The Bertz CT molecular complexity index is 411. The maximum Gasteiger partial charge on any atom is 0.339 e. The summed E-state index contributed by atoms with van der Waals surface area (Å²) in [6, 6.07) is 2.16. The molecule has 0 aliphatic heterocycles. The number of aromatic carboxylic acids is 1. The number of furan rings is 1. The van der Waals surface area contributed by atoms with E-state index in [1.165, 1.54) is 19.3 Å². The molecule has 2 unspecified atom stereocenters. The molecule has 0 saturated heterocycles. The molecule has 0 amide bonds. The number of rotatable bonds is 4. The maximum absolute atomic E-state index is 10.9. The Kier molecular flexibility index (Phi) is 3.52. The zero-order chi connectivity index (χ0) is 12.4. The van der Waals surface area contributed by atoms with Gasteiger partial charge in [-0.05, 0) is 38.2 Å². The molecule has 94 valence electrons. The smallest absolute Gasteiger partial charge is 0.339 e. The molecule has 4 heteroatoms. The summed E-state index contributed by atoms with van der Waals surface area (Å²) < 4.78 is 5.42. The number of carbonyl (C=O) groups is 1. The Morgan fingerprint density at radius 1 is 1.59 bits per heavy atom. The van der Waals surface area contributed by atoms with E-state index in [1.54, 1.807) is 13.0 Å². The number of hydrogen-bond acceptors (Lipinski definition) is 3. The fourth-order valence-corrected chi connectivity index (χ4v) is 2.48. The zero-order valence-electron chi connectivity index (χ0n) is 10.3. The molecule has 1 aromatic rings. The van der Waals surface area contributed by atoms with E-state index in [0.29, 0.717) is 24.1 Å². The lowest BCUT2D eigenvalue weighted by Gasteiger charge is -2.10. The highest BCUT2D eigenvalue weighted by Crippen LogP contribution is 2.25. The quantitative estimate of drug-likeness (QED) is 0.844. The molecular weight excluding hydrogens is 218 g/mol. The van der Waals surface area contributed by atoms with Gasteiger partial charge in [-0.15, -0.1) is 0 Å². The highest BCUT2D eigenvalue weighted by Gasteiger charge is 2.21. The first-order valence-electron chi connectivity index (χ1n) is 6.12. The number of hydrogen-bond donors (Lipinski definition) is 2. The lowest BCUT2D eigenvalue weighted by Crippen LogP contribution is -2.25. The van der Waals surface area contributed by atoms with Crippen LogP contribution in [0, 0.1) is 12.8 Å². The summed E-state index contributed by atoms with van der Waals surface area (Å²) in [6.07, 6.45) is 3.67. The molecule has 4 nitrogen and oxygen atoms in total. The van der Waals surface area contributed by atoms with Gasteiger partial charge in [0.2, 0.25) is 0 Å². The monoisotopic (exact) mass is 237 g/mol. The van der Waals surface area contributed by atoms with Crippen molar-refractivity contribution in [1.82, 2.24) is 5.32 Å². The van der Waals surface area contributed by atoms with E-state index in [-0.39, 0.29) is 5.56 Å². The summed E-state index contributed by atoms with van der Waals surface area (Å²) in [4.78, 5) is 10.9. The van der Waals surface area contributed by atoms with Crippen molar-refractivity contribution in [3.8, 4) is 0 Å². The third kappa shape index (κ3) is 2.88. The van der Waals surface area contributed by atoms with Gasteiger partial charge in [0.05, 0.1) is 6.54 Å². The minimum atomic E-state index is -0.924.